The summed E-state index contributed by atoms with van der Waals surface area (Å²) in [6.45, 7) is 5.88. The molecular weight excluding hydrogens is 388 g/mol. The van der Waals surface area contributed by atoms with Gasteiger partial charge in [0.1, 0.15) is 12.4 Å². The van der Waals surface area contributed by atoms with E-state index in [1.807, 2.05) is 18.2 Å². The molecule has 2 aromatic rings. The third-order valence-corrected chi connectivity index (χ3v) is 4.41. The van der Waals surface area contributed by atoms with Crippen molar-refractivity contribution in [3.8, 4) is 17.2 Å². The maximum atomic E-state index is 12.4. The maximum Gasteiger partial charge on any atom is 0.341 e. The molecule has 1 aliphatic heterocycles. The molecule has 2 aromatic carbocycles. The highest BCUT2D eigenvalue weighted by Crippen LogP contribution is 2.36. The Morgan fingerprint density at radius 3 is 2.73 bits per heavy atom. The number of nitrogens with zero attached hydrogens (tertiary/aromatic N) is 1. The molecule has 0 aromatic heterocycles. The summed E-state index contributed by atoms with van der Waals surface area (Å²) in [6.07, 6.45) is 0.535. The van der Waals surface area contributed by atoms with Crippen molar-refractivity contribution in [2.24, 2.45) is 5.10 Å². The minimum Gasteiger partial charge on any atom is -0.485 e. The third-order valence-electron chi connectivity index (χ3n) is 4.41. The quantitative estimate of drug-likeness (QED) is 0.558. The Morgan fingerprint density at radius 2 is 2.00 bits per heavy atom. The molecule has 1 aliphatic rings. The number of carbonyl (C=O) groups excluding carboxylic acids is 1. The lowest BCUT2D eigenvalue weighted by atomic mass is 9.87. The SMILES string of the molecule is CC(C)(C)c1ccc2c(c1)O[C@@H](C(=O)N/N=C/c1ccccc1OCC(=O)O)CO2. The molecule has 0 saturated heterocycles. The first kappa shape index (κ1) is 21.2. The number of carboxylic acid groups (broad SMARTS) is 1. The summed E-state index contributed by atoms with van der Waals surface area (Å²) < 4.78 is 16.7. The molecule has 1 amide bonds. The van der Waals surface area contributed by atoms with Gasteiger partial charge in [-0.3, -0.25) is 4.79 Å². The molecule has 3 rings (SSSR count). The summed E-state index contributed by atoms with van der Waals surface area (Å²) in [7, 11) is 0. The molecule has 158 valence electrons. The van der Waals surface area contributed by atoms with Crippen molar-refractivity contribution in [3.05, 3.63) is 53.6 Å². The lowest BCUT2D eigenvalue weighted by molar-refractivity contribution is -0.139. The highest BCUT2D eigenvalue weighted by molar-refractivity contribution is 5.86. The molecule has 8 heteroatoms. The molecule has 1 atom stereocenters. The van der Waals surface area contributed by atoms with E-state index in [1.165, 1.54) is 6.21 Å². The van der Waals surface area contributed by atoms with E-state index in [1.54, 1.807) is 24.3 Å². The van der Waals surface area contributed by atoms with Crippen LogP contribution < -0.4 is 19.6 Å². The number of rotatable bonds is 6. The summed E-state index contributed by atoms with van der Waals surface area (Å²) in [4.78, 5) is 23.1. The lowest BCUT2D eigenvalue weighted by Gasteiger charge is -2.27. The van der Waals surface area contributed by atoms with E-state index in [9.17, 15) is 9.59 Å². The van der Waals surface area contributed by atoms with E-state index in [0.717, 1.165) is 5.56 Å². The number of amides is 1. The number of fused-ring (bicyclic) bond motifs is 1. The Labute approximate surface area is 174 Å². The van der Waals surface area contributed by atoms with Gasteiger partial charge in [0.15, 0.2) is 18.1 Å². The number of hydrogen-bond donors (Lipinski definition) is 2. The molecule has 0 unspecified atom stereocenters. The summed E-state index contributed by atoms with van der Waals surface area (Å²) in [5.74, 6) is -0.0783. The van der Waals surface area contributed by atoms with E-state index in [2.05, 4.69) is 31.3 Å². The van der Waals surface area contributed by atoms with Crippen molar-refractivity contribution in [2.75, 3.05) is 13.2 Å². The zero-order valence-corrected chi connectivity index (χ0v) is 17.0. The molecule has 0 saturated carbocycles. The standard InChI is InChI=1S/C22H24N2O6/c1-22(2,3)15-8-9-17-18(10-15)30-19(12-28-17)21(27)24-23-11-14-6-4-5-7-16(14)29-13-20(25)26/h4-11,19H,12-13H2,1-3H3,(H,24,27)(H,25,26)/b23-11+/t19-/m1/s1. The van der Waals surface area contributed by atoms with Gasteiger partial charge in [-0.05, 0) is 35.2 Å². The number of ether oxygens (including phenoxy) is 3. The molecule has 2 N–H and O–H groups in total. The molecule has 1 heterocycles. The predicted molar refractivity (Wildman–Crippen MR) is 110 cm³/mol. The van der Waals surface area contributed by atoms with Crippen LogP contribution in [-0.2, 0) is 15.0 Å². The smallest absolute Gasteiger partial charge is 0.341 e. The van der Waals surface area contributed by atoms with Gasteiger partial charge in [0.25, 0.3) is 5.91 Å². The molecule has 0 aliphatic carbocycles. The van der Waals surface area contributed by atoms with Crippen LogP contribution in [-0.4, -0.2) is 42.5 Å². The number of benzene rings is 2. The summed E-state index contributed by atoms with van der Waals surface area (Å²) in [5, 5.41) is 12.7. The van der Waals surface area contributed by atoms with Crippen LogP contribution >= 0.6 is 0 Å². The zero-order valence-electron chi connectivity index (χ0n) is 17.0. The van der Waals surface area contributed by atoms with Crippen molar-refractivity contribution in [1.82, 2.24) is 5.43 Å². The fourth-order valence-corrected chi connectivity index (χ4v) is 2.76. The summed E-state index contributed by atoms with van der Waals surface area (Å²) in [5.41, 5.74) is 3.96. The Morgan fingerprint density at radius 1 is 1.23 bits per heavy atom. The van der Waals surface area contributed by atoms with Crippen LogP contribution in [0.4, 0.5) is 0 Å². The van der Waals surface area contributed by atoms with Crippen molar-refractivity contribution < 1.29 is 28.9 Å². The van der Waals surface area contributed by atoms with Gasteiger partial charge in [-0.15, -0.1) is 0 Å². The average molecular weight is 412 g/mol. The van der Waals surface area contributed by atoms with Crippen molar-refractivity contribution in [1.29, 1.82) is 0 Å². The minimum atomic E-state index is -1.08. The van der Waals surface area contributed by atoms with Crippen LogP contribution in [0.5, 0.6) is 17.2 Å². The molecule has 0 radical (unpaired) electrons. The highest BCUT2D eigenvalue weighted by atomic mass is 16.6. The van der Waals surface area contributed by atoms with Gasteiger partial charge in [0.2, 0.25) is 6.10 Å². The Bertz CT molecular complexity index is 964. The first-order chi connectivity index (χ1) is 14.2. The predicted octanol–water partition coefficient (Wildman–Crippen LogP) is 2.74. The summed E-state index contributed by atoms with van der Waals surface area (Å²) in [6, 6.07) is 12.5. The van der Waals surface area contributed by atoms with E-state index < -0.39 is 24.6 Å². The number of aliphatic carboxylic acids is 1. The van der Waals surface area contributed by atoms with Crippen molar-refractivity contribution >= 4 is 18.1 Å². The molecule has 8 nitrogen and oxygen atoms in total. The van der Waals surface area contributed by atoms with Gasteiger partial charge in [0, 0.05) is 5.56 Å². The Kier molecular flexibility index (Phi) is 6.25. The molecular formula is C22H24N2O6. The van der Waals surface area contributed by atoms with E-state index in [4.69, 9.17) is 19.3 Å². The maximum absolute atomic E-state index is 12.4. The van der Waals surface area contributed by atoms with Gasteiger partial charge in [-0.1, -0.05) is 39.0 Å². The van der Waals surface area contributed by atoms with Crippen LogP contribution in [0.25, 0.3) is 0 Å². The van der Waals surface area contributed by atoms with Crippen molar-refractivity contribution in [2.45, 2.75) is 32.3 Å². The monoisotopic (exact) mass is 412 g/mol. The van der Waals surface area contributed by atoms with Crippen LogP contribution in [0.3, 0.4) is 0 Å². The number of carbonyl (C=O) groups is 2. The van der Waals surface area contributed by atoms with Crippen LogP contribution in [0, 0.1) is 0 Å². The Balaban J connectivity index is 1.63. The highest BCUT2D eigenvalue weighted by Gasteiger charge is 2.28. The van der Waals surface area contributed by atoms with E-state index in [0.29, 0.717) is 22.8 Å². The number of hydrogen-bond acceptors (Lipinski definition) is 6. The molecule has 30 heavy (non-hydrogen) atoms. The molecule has 0 fully saturated rings. The largest absolute Gasteiger partial charge is 0.485 e. The lowest BCUT2D eigenvalue weighted by Crippen LogP contribution is -2.42. The third kappa shape index (κ3) is 5.28. The number of nitrogens with one attached hydrogen (secondary N) is 1. The Hall–Kier alpha value is -3.55. The second kappa shape index (κ2) is 8.86. The second-order valence-electron chi connectivity index (χ2n) is 7.78. The van der Waals surface area contributed by atoms with Gasteiger partial charge in [-0.25, -0.2) is 10.2 Å². The van der Waals surface area contributed by atoms with E-state index in [-0.39, 0.29) is 12.0 Å². The first-order valence-corrected chi connectivity index (χ1v) is 9.44. The minimum absolute atomic E-state index is 0.0615. The normalized spacial score (nSPS) is 15.6. The first-order valence-electron chi connectivity index (χ1n) is 9.44. The number of carboxylic acids is 1. The topological polar surface area (TPSA) is 106 Å². The zero-order chi connectivity index (χ0) is 21.7. The van der Waals surface area contributed by atoms with Crippen LogP contribution in [0.2, 0.25) is 0 Å². The van der Waals surface area contributed by atoms with Crippen LogP contribution in [0.1, 0.15) is 31.9 Å². The van der Waals surface area contributed by atoms with E-state index >= 15 is 0 Å². The number of hydrazone groups is 1. The molecule has 0 spiro atoms. The average Bonchev–Trinajstić information content (AvgIpc) is 2.71. The summed E-state index contributed by atoms with van der Waals surface area (Å²) >= 11 is 0. The van der Waals surface area contributed by atoms with Gasteiger partial charge in [0.05, 0.1) is 6.21 Å². The van der Waals surface area contributed by atoms with Gasteiger partial charge in [-0.2, -0.15) is 5.10 Å². The van der Waals surface area contributed by atoms with Gasteiger partial charge >= 0.3 is 5.97 Å². The molecule has 0 bridgehead atoms. The van der Waals surface area contributed by atoms with Crippen LogP contribution in [0.15, 0.2) is 47.6 Å². The second-order valence-corrected chi connectivity index (χ2v) is 7.78. The van der Waals surface area contributed by atoms with Crippen molar-refractivity contribution in [3.63, 3.8) is 0 Å². The number of para-hydroxylation sites is 1. The fourth-order valence-electron chi connectivity index (χ4n) is 2.76. The van der Waals surface area contributed by atoms with Gasteiger partial charge < -0.3 is 19.3 Å². The fraction of sp³-hybridized carbons (Fsp3) is 0.318.